The summed E-state index contributed by atoms with van der Waals surface area (Å²) in [5.41, 5.74) is 0. The maximum Gasteiger partial charge on any atom is 0.522 e. The lowest BCUT2D eigenvalue weighted by Gasteiger charge is -2.04. The number of hydrogen-bond donors (Lipinski definition) is 0. The van der Waals surface area contributed by atoms with Crippen molar-refractivity contribution in [3.05, 3.63) is 0 Å². The highest BCUT2D eigenvalue weighted by Gasteiger charge is 2.30. The van der Waals surface area contributed by atoms with E-state index in [0.717, 1.165) is 0 Å². The van der Waals surface area contributed by atoms with Crippen LogP contribution in [0, 0.1) is 17.8 Å². The number of rotatable bonds is 2. The van der Waals surface area contributed by atoms with Crippen LogP contribution in [-0.4, -0.2) is 13.0 Å². The third-order valence-corrected chi connectivity index (χ3v) is 0.762. The highest BCUT2D eigenvalue weighted by molar-refractivity contribution is 5.29. The highest BCUT2D eigenvalue weighted by atomic mass is 19.4. The van der Waals surface area contributed by atoms with E-state index < -0.39 is 6.36 Å². The molecule has 0 fully saturated rings. The van der Waals surface area contributed by atoms with Crippen molar-refractivity contribution >= 4 is 0 Å². The Morgan fingerprint density at radius 2 is 1.89 bits per heavy atom. The topological polar surface area (TPSA) is 9.23 Å². The van der Waals surface area contributed by atoms with Crippen molar-refractivity contribution in [2.24, 2.45) is 5.92 Å². The van der Waals surface area contributed by atoms with Crippen LogP contribution in [-0.2, 0) is 4.74 Å². The molecule has 0 amide bonds. The van der Waals surface area contributed by atoms with Gasteiger partial charge in [-0.15, -0.1) is 13.2 Å². The maximum absolute atomic E-state index is 11.2. The fraction of sp³-hybridized carbons (Fsp3) is 0.600. The summed E-state index contributed by atoms with van der Waals surface area (Å²) >= 11 is 0. The third-order valence-electron chi connectivity index (χ3n) is 0.762. The molecule has 0 aromatic heterocycles. The molecule has 0 aromatic carbocycles. The Kier molecular flexibility index (Phi) is 1.37. The Bertz CT molecular complexity index is 153. The van der Waals surface area contributed by atoms with Crippen molar-refractivity contribution in [1.29, 1.82) is 0 Å². The first-order valence-corrected chi connectivity index (χ1v) is 2.30. The fourth-order valence-corrected chi connectivity index (χ4v) is 0.320. The molecular weight excluding hydrogens is 133 g/mol. The number of halogens is 3. The van der Waals surface area contributed by atoms with Gasteiger partial charge in [0.2, 0.25) is 0 Å². The van der Waals surface area contributed by atoms with Crippen molar-refractivity contribution in [1.82, 2.24) is 0 Å². The van der Waals surface area contributed by atoms with Gasteiger partial charge in [0.15, 0.2) is 0 Å². The van der Waals surface area contributed by atoms with Gasteiger partial charge in [0, 0.05) is 0 Å². The maximum atomic E-state index is 11.2. The van der Waals surface area contributed by atoms with E-state index in [9.17, 15) is 13.2 Å². The summed E-state index contributed by atoms with van der Waals surface area (Å²) in [5.74, 6) is 4.54. The highest BCUT2D eigenvalue weighted by Crippen LogP contribution is 2.18. The molecule has 0 atom stereocenters. The first-order valence-electron chi connectivity index (χ1n) is 2.30. The van der Waals surface area contributed by atoms with E-state index in [1.54, 1.807) is 0 Å². The Hall–Kier alpha value is -0.690. The standard InChI is InChI=1S/C5H3F3O/c6-5(7,8)9-3-4-1-2-4/h4H,3H2. The summed E-state index contributed by atoms with van der Waals surface area (Å²) in [6.07, 6.45) is -4.51. The van der Waals surface area contributed by atoms with Crippen molar-refractivity contribution in [2.45, 2.75) is 6.36 Å². The number of hydrogen-bond acceptors (Lipinski definition) is 1. The first kappa shape index (κ1) is 6.43. The van der Waals surface area contributed by atoms with Crippen LogP contribution in [0.15, 0.2) is 0 Å². The SMILES string of the molecule is FC(F)(F)OCC1C#C1. The minimum absolute atomic E-state index is 0.327. The summed E-state index contributed by atoms with van der Waals surface area (Å²) in [7, 11) is 0. The summed E-state index contributed by atoms with van der Waals surface area (Å²) in [4.78, 5) is 0. The van der Waals surface area contributed by atoms with E-state index in [4.69, 9.17) is 0 Å². The molecule has 1 rings (SSSR count). The molecule has 0 spiro atoms. The van der Waals surface area contributed by atoms with E-state index in [0.29, 0.717) is 0 Å². The van der Waals surface area contributed by atoms with Crippen LogP contribution in [0.5, 0.6) is 0 Å². The number of alkyl halides is 3. The van der Waals surface area contributed by atoms with E-state index >= 15 is 0 Å². The van der Waals surface area contributed by atoms with Gasteiger partial charge < -0.3 is 0 Å². The second-order valence-electron chi connectivity index (χ2n) is 1.60. The molecule has 1 aliphatic rings. The zero-order valence-electron chi connectivity index (χ0n) is 4.33. The lowest BCUT2D eigenvalue weighted by atomic mass is 10.4. The quantitative estimate of drug-likeness (QED) is 0.517. The lowest BCUT2D eigenvalue weighted by molar-refractivity contribution is -0.325. The van der Waals surface area contributed by atoms with Crippen LogP contribution in [0.1, 0.15) is 0 Å². The molecule has 9 heavy (non-hydrogen) atoms. The van der Waals surface area contributed by atoms with Gasteiger partial charge in [-0.1, -0.05) is 11.8 Å². The largest absolute Gasteiger partial charge is 0.522 e. The van der Waals surface area contributed by atoms with Gasteiger partial charge in [-0.25, -0.2) is 0 Å². The van der Waals surface area contributed by atoms with Crippen molar-refractivity contribution in [3.8, 4) is 11.8 Å². The first-order chi connectivity index (χ1) is 4.08. The fourth-order valence-electron chi connectivity index (χ4n) is 0.320. The van der Waals surface area contributed by atoms with Crippen molar-refractivity contribution in [3.63, 3.8) is 0 Å². The van der Waals surface area contributed by atoms with Crippen LogP contribution in [0.2, 0.25) is 0 Å². The van der Waals surface area contributed by atoms with Crippen LogP contribution >= 0.6 is 0 Å². The molecule has 0 saturated carbocycles. The minimum Gasteiger partial charge on any atom is -0.290 e. The molecule has 0 heterocycles. The van der Waals surface area contributed by atoms with Gasteiger partial charge in [-0.3, -0.25) is 4.74 Å². The van der Waals surface area contributed by atoms with E-state index in [-0.39, 0.29) is 12.5 Å². The third kappa shape index (κ3) is 2.98. The molecule has 1 nitrogen and oxygen atoms in total. The van der Waals surface area contributed by atoms with Gasteiger partial charge in [-0.2, -0.15) is 0 Å². The van der Waals surface area contributed by atoms with Gasteiger partial charge in [-0.05, 0) is 0 Å². The Labute approximate surface area is 49.8 Å². The second-order valence-corrected chi connectivity index (χ2v) is 1.60. The molecule has 0 saturated heterocycles. The molecule has 0 radical (unpaired) electrons. The molecule has 50 valence electrons. The van der Waals surface area contributed by atoms with Crippen LogP contribution < -0.4 is 0 Å². The summed E-state index contributed by atoms with van der Waals surface area (Å²) < 4.78 is 36.9. The van der Waals surface area contributed by atoms with Crippen LogP contribution in [0.4, 0.5) is 13.2 Å². The lowest BCUT2D eigenvalue weighted by Crippen LogP contribution is -2.15. The van der Waals surface area contributed by atoms with Crippen molar-refractivity contribution < 1.29 is 17.9 Å². The summed E-state index contributed by atoms with van der Waals surface area (Å²) in [5, 5.41) is 0. The van der Waals surface area contributed by atoms with Gasteiger partial charge >= 0.3 is 6.36 Å². The molecule has 0 N–H and O–H groups in total. The van der Waals surface area contributed by atoms with Gasteiger partial charge in [0.1, 0.15) is 5.92 Å². The summed E-state index contributed by atoms with van der Waals surface area (Å²) in [6.45, 7) is -0.372. The molecular formula is C5H3F3O. The Morgan fingerprint density at radius 3 is 2.22 bits per heavy atom. The zero-order chi connectivity index (χ0) is 6.91. The van der Waals surface area contributed by atoms with Crippen molar-refractivity contribution in [2.75, 3.05) is 6.61 Å². The Morgan fingerprint density at radius 1 is 1.33 bits per heavy atom. The Balaban J connectivity index is 2.04. The molecule has 0 unspecified atom stereocenters. The van der Waals surface area contributed by atoms with Crippen LogP contribution in [0.25, 0.3) is 0 Å². The molecule has 1 aliphatic carbocycles. The predicted octanol–water partition coefficient (Wildman–Crippen LogP) is 1.16. The van der Waals surface area contributed by atoms with E-state index in [2.05, 4.69) is 16.6 Å². The predicted molar refractivity (Wildman–Crippen MR) is 23.3 cm³/mol. The normalized spacial score (nSPS) is 16.8. The molecule has 0 aromatic rings. The van der Waals surface area contributed by atoms with Gasteiger partial charge in [0.25, 0.3) is 0 Å². The zero-order valence-corrected chi connectivity index (χ0v) is 4.33. The average molecular weight is 136 g/mol. The minimum atomic E-state index is -4.51. The average Bonchev–Trinajstić information content (AvgIpc) is 2.38. The van der Waals surface area contributed by atoms with Gasteiger partial charge in [0.05, 0.1) is 6.61 Å². The molecule has 0 aliphatic heterocycles. The monoisotopic (exact) mass is 136 g/mol. The number of ether oxygens (including phenoxy) is 1. The van der Waals surface area contributed by atoms with Crippen LogP contribution in [0.3, 0.4) is 0 Å². The smallest absolute Gasteiger partial charge is 0.290 e. The van der Waals surface area contributed by atoms with E-state index in [1.165, 1.54) is 0 Å². The molecule has 0 bridgehead atoms. The van der Waals surface area contributed by atoms with E-state index in [1.807, 2.05) is 0 Å². The molecule has 4 heteroatoms. The summed E-state index contributed by atoms with van der Waals surface area (Å²) in [6, 6.07) is 0. The second kappa shape index (κ2) is 1.92.